The molecule has 0 spiro atoms. The lowest BCUT2D eigenvalue weighted by molar-refractivity contribution is 0.900. The summed E-state index contributed by atoms with van der Waals surface area (Å²) in [5, 5.41) is 4.99. The monoisotopic (exact) mass is 268 g/mol. The molecule has 2 aromatic rings. The van der Waals surface area contributed by atoms with Crippen LogP contribution in [0.3, 0.4) is 0 Å². The van der Waals surface area contributed by atoms with Gasteiger partial charge in [-0.15, -0.1) is 0 Å². The molecule has 3 rings (SSSR count). The van der Waals surface area contributed by atoms with Gasteiger partial charge in [0.1, 0.15) is 0 Å². The van der Waals surface area contributed by atoms with E-state index in [1.165, 1.54) is 47.2 Å². The summed E-state index contributed by atoms with van der Waals surface area (Å²) in [6.45, 7) is 5.50. The average Bonchev–Trinajstić information content (AvgIpc) is 2.92. The predicted octanol–water partition coefficient (Wildman–Crippen LogP) is 4.50. The molecule has 1 heterocycles. The van der Waals surface area contributed by atoms with Crippen LogP contribution in [0.2, 0.25) is 0 Å². The Kier molecular flexibility index (Phi) is 3.90. The van der Waals surface area contributed by atoms with Crippen molar-refractivity contribution < 1.29 is 0 Å². The minimum Gasteiger partial charge on any atom is -0.384 e. The molecule has 0 amide bonds. The van der Waals surface area contributed by atoms with E-state index in [2.05, 4.69) is 37.4 Å². The van der Waals surface area contributed by atoms with Crippen molar-refractivity contribution >= 4 is 16.6 Å². The number of anilines is 1. The number of rotatable bonds is 5. The molecule has 0 aliphatic heterocycles. The van der Waals surface area contributed by atoms with Gasteiger partial charge in [0.15, 0.2) is 0 Å². The zero-order valence-electron chi connectivity index (χ0n) is 12.6. The van der Waals surface area contributed by atoms with Crippen molar-refractivity contribution in [3.05, 3.63) is 35.0 Å². The van der Waals surface area contributed by atoms with E-state index in [1.807, 2.05) is 0 Å². The van der Waals surface area contributed by atoms with Crippen LogP contribution in [-0.2, 0) is 19.3 Å². The van der Waals surface area contributed by atoms with Gasteiger partial charge in [0.2, 0.25) is 0 Å². The van der Waals surface area contributed by atoms with E-state index in [0.717, 1.165) is 31.3 Å². The number of aromatic nitrogens is 1. The molecule has 106 valence electrons. The number of fused-ring (bicyclic) bond motifs is 2. The molecule has 0 unspecified atom stereocenters. The van der Waals surface area contributed by atoms with E-state index < -0.39 is 0 Å². The van der Waals surface area contributed by atoms with Crippen LogP contribution >= 0.6 is 0 Å². The molecule has 2 nitrogen and oxygen atoms in total. The standard InChI is InChI=1S/C18H24N2/c1-3-6-13-9-10-17-15(12-13)18(19-11-4-2)14-7-5-8-16(14)20-17/h9-10,12H,3-8,11H2,1-2H3,(H,19,20). The van der Waals surface area contributed by atoms with Crippen molar-refractivity contribution in [2.75, 3.05) is 11.9 Å². The van der Waals surface area contributed by atoms with Gasteiger partial charge in [-0.05, 0) is 55.4 Å². The van der Waals surface area contributed by atoms with Crippen molar-refractivity contribution in [3.63, 3.8) is 0 Å². The lowest BCUT2D eigenvalue weighted by Crippen LogP contribution is -2.05. The summed E-state index contributed by atoms with van der Waals surface area (Å²) in [6, 6.07) is 6.79. The third kappa shape index (κ3) is 2.39. The third-order valence-electron chi connectivity index (χ3n) is 4.17. The molecule has 0 atom stereocenters. The van der Waals surface area contributed by atoms with Crippen molar-refractivity contribution in [1.82, 2.24) is 4.98 Å². The summed E-state index contributed by atoms with van der Waals surface area (Å²) in [5.74, 6) is 0. The first kappa shape index (κ1) is 13.4. The molecule has 20 heavy (non-hydrogen) atoms. The Bertz CT molecular complexity index is 616. The van der Waals surface area contributed by atoms with E-state index in [-0.39, 0.29) is 0 Å². The molecule has 1 aliphatic rings. The molecule has 1 aromatic carbocycles. The fourth-order valence-corrected chi connectivity index (χ4v) is 3.21. The normalized spacial score (nSPS) is 13.7. The topological polar surface area (TPSA) is 24.9 Å². The second-order valence-electron chi connectivity index (χ2n) is 5.79. The Balaban J connectivity index is 2.14. The van der Waals surface area contributed by atoms with Gasteiger partial charge in [0.25, 0.3) is 0 Å². The molecule has 2 heteroatoms. The number of hydrogen-bond donors (Lipinski definition) is 1. The van der Waals surface area contributed by atoms with Gasteiger partial charge in [0, 0.05) is 23.3 Å². The Morgan fingerprint density at radius 1 is 1.15 bits per heavy atom. The molecule has 0 radical (unpaired) electrons. The van der Waals surface area contributed by atoms with Crippen LogP contribution in [0.1, 0.15) is 49.9 Å². The van der Waals surface area contributed by atoms with Gasteiger partial charge in [0.05, 0.1) is 5.52 Å². The molecule has 0 saturated carbocycles. The highest BCUT2D eigenvalue weighted by Gasteiger charge is 2.19. The highest BCUT2D eigenvalue weighted by atomic mass is 14.9. The maximum atomic E-state index is 4.89. The highest BCUT2D eigenvalue weighted by molar-refractivity contribution is 5.94. The maximum Gasteiger partial charge on any atom is 0.0726 e. The fourth-order valence-electron chi connectivity index (χ4n) is 3.21. The summed E-state index contributed by atoms with van der Waals surface area (Å²) >= 11 is 0. The summed E-state index contributed by atoms with van der Waals surface area (Å²) in [5.41, 5.74) is 6.74. The zero-order chi connectivity index (χ0) is 13.9. The lowest BCUT2D eigenvalue weighted by Gasteiger charge is -2.15. The fraction of sp³-hybridized carbons (Fsp3) is 0.500. The number of benzene rings is 1. The Labute approximate surface area is 121 Å². The van der Waals surface area contributed by atoms with Crippen molar-refractivity contribution in [2.45, 2.75) is 52.4 Å². The first-order valence-electron chi connectivity index (χ1n) is 8.01. The number of hydrogen-bond acceptors (Lipinski definition) is 2. The van der Waals surface area contributed by atoms with Gasteiger partial charge in [-0.2, -0.15) is 0 Å². The van der Waals surface area contributed by atoms with Crippen LogP contribution < -0.4 is 5.32 Å². The Hall–Kier alpha value is -1.57. The number of nitrogens with zero attached hydrogens (tertiary/aromatic N) is 1. The van der Waals surface area contributed by atoms with Crippen LogP contribution in [0.25, 0.3) is 10.9 Å². The molecule has 0 fully saturated rings. The quantitative estimate of drug-likeness (QED) is 0.863. The van der Waals surface area contributed by atoms with Gasteiger partial charge in [-0.1, -0.05) is 26.3 Å². The largest absolute Gasteiger partial charge is 0.384 e. The first-order chi connectivity index (χ1) is 9.83. The first-order valence-corrected chi connectivity index (χ1v) is 8.01. The van der Waals surface area contributed by atoms with Crippen LogP contribution in [0.15, 0.2) is 18.2 Å². The number of aryl methyl sites for hydroxylation is 2. The third-order valence-corrected chi connectivity index (χ3v) is 4.17. The molecular formula is C18H24N2. The van der Waals surface area contributed by atoms with Gasteiger partial charge in [-0.25, -0.2) is 0 Å². The molecule has 0 saturated heterocycles. The van der Waals surface area contributed by atoms with E-state index in [0.29, 0.717) is 0 Å². The molecule has 1 N–H and O–H groups in total. The van der Waals surface area contributed by atoms with Crippen molar-refractivity contribution in [1.29, 1.82) is 0 Å². The average molecular weight is 268 g/mol. The van der Waals surface area contributed by atoms with E-state index in [4.69, 9.17) is 4.98 Å². The lowest BCUT2D eigenvalue weighted by atomic mass is 10.0. The van der Waals surface area contributed by atoms with Gasteiger partial charge >= 0.3 is 0 Å². The summed E-state index contributed by atoms with van der Waals surface area (Å²) in [4.78, 5) is 4.89. The Morgan fingerprint density at radius 2 is 2.05 bits per heavy atom. The van der Waals surface area contributed by atoms with Crippen LogP contribution in [-0.4, -0.2) is 11.5 Å². The second-order valence-corrected chi connectivity index (χ2v) is 5.79. The van der Waals surface area contributed by atoms with Crippen LogP contribution in [0.4, 0.5) is 5.69 Å². The summed E-state index contributed by atoms with van der Waals surface area (Å²) in [6.07, 6.45) is 7.08. The molecule has 1 aromatic heterocycles. The maximum absolute atomic E-state index is 4.89. The minimum absolute atomic E-state index is 1.05. The predicted molar refractivity (Wildman–Crippen MR) is 86.5 cm³/mol. The van der Waals surface area contributed by atoms with Gasteiger partial charge in [-0.3, -0.25) is 4.98 Å². The Morgan fingerprint density at radius 3 is 2.85 bits per heavy atom. The van der Waals surface area contributed by atoms with E-state index >= 15 is 0 Å². The highest BCUT2D eigenvalue weighted by Crippen LogP contribution is 2.34. The minimum atomic E-state index is 1.05. The SMILES string of the molecule is CCCNc1c2c(nc3ccc(CCC)cc13)CCC2. The number of nitrogens with one attached hydrogen (secondary N) is 1. The van der Waals surface area contributed by atoms with Gasteiger partial charge < -0.3 is 5.32 Å². The van der Waals surface area contributed by atoms with E-state index in [9.17, 15) is 0 Å². The zero-order valence-corrected chi connectivity index (χ0v) is 12.6. The summed E-state index contributed by atoms with van der Waals surface area (Å²) in [7, 11) is 0. The second kappa shape index (κ2) is 5.82. The van der Waals surface area contributed by atoms with Crippen LogP contribution in [0.5, 0.6) is 0 Å². The van der Waals surface area contributed by atoms with Crippen molar-refractivity contribution in [2.24, 2.45) is 0 Å². The smallest absolute Gasteiger partial charge is 0.0726 e. The number of pyridine rings is 1. The van der Waals surface area contributed by atoms with Crippen molar-refractivity contribution in [3.8, 4) is 0 Å². The van der Waals surface area contributed by atoms with Crippen LogP contribution in [0, 0.1) is 0 Å². The molecule has 0 bridgehead atoms. The molecular weight excluding hydrogens is 244 g/mol. The van der Waals surface area contributed by atoms with E-state index in [1.54, 1.807) is 0 Å². The summed E-state index contributed by atoms with van der Waals surface area (Å²) < 4.78 is 0. The molecule has 1 aliphatic carbocycles.